The Morgan fingerprint density at radius 3 is 2.85 bits per heavy atom. The number of hydrogen-bond donors (Lipinski definition) is 0. The number of hydrogen-bond acceptors (Lipinski definition) is 3. The minimum atomic E-state index is -2.75. The van der Waals surface area contributed by atoms with Gasteiger partial charge in [-0.1, -0.05) is 6.08 Å². The molecule has 2 aliphatic heterocycles. The van der Waals surface area contributed by atoms with E-state index in [1.807, 2.05) is 6.08 Å². The molecular formula is C9H15NO2S. The van der Waals surface area contributed by atoms with E-state index in [9.17, 15) is 8.42 Å². The van der Waals surface area contributed by atoms with E-state index in [1.54, 1.807) is 0 Å². The van der Waals surface area contributed by atoms with Crippen molar-refractivity contribution in [2.24, 2.45) is 5.92 Å². The fourth-order valence-corrected chi connectivity index (χ4v) is 4.59. The van der Waals surface area contributed by atoms with Crippen LogP contribution in [0.4, 0.5) is 0 Å². The zero-order valence-electron chi connectivity index (χ0n) is 7.65. The Hall–Kier alpha value is -0.350. The molecule has 0 aromatic rings. The summed E-state index contributed by atoms with van der Waals surface area (Å²) in [6.07, 6.45) is 2.70. The van der Waals surface area contributed by atoms with Gasteiger partial charge in [0.15, 0.2) is 9.84 Å². The molecule has 2 atom stereocenters. The second kappa shape index (κ2) is 3.10. The summed E-state index contributed by atoms with van der Waals surface area (Å²) < 4.78 is 23.1. The molecule has 0 spiro atoms. The lowest BCUT2D eigenvalue weighted by Crippen LogP contribution is -2.26. The van der Waals surface area contributed by atoms with Gasteiger partial charge in [0.1, 0.15) is 0 Å². The zero-order valence-corrected chi connectivity index (χ0v) is 8.46. The fraction of sp³-hybridized carbons (Fsp3) is 0.778. The summed E-state index contributed by atoms with van der Waals surface area (Å²) in [6, 6.07) is 0. The Morgan fingerprint density at radius 1 is 1.46 bits per heavy atom. The van der Waals surface area contributed by atoms with Crippen LogP contribution in [-0.4, -0.2) is 44.0 Å². The lowest BCUT2D eigenvalue weighted by Gasteiger charge is -2.13. The monoisotopic (exact) mass is 201 g/mol. The van der Waals surface area contributed by atoms with E-state index >= 15 is 0 Å². The van der Waals surface area contributed by atoms with E-state index in [-0.39, 0.29) is 5.25 Å². The third-order valence-electron chi connectivity index (χ3n) is 3.08. The number of rotatable bonds is 2. The summed E-state index contributed by atoms with van der Waals surface area (Å²) in [6.45, 7) is 6.15. The molecule has 0 radical (unpaired) electrons. The molecule has 2 saturated heterocycles. The first-order valence-corrected chi connectivity index (χ1v) is 6.40. The molecule has 0 amide bonds. The van der Waals surface area contributed by atoms with Crippen LogP contribution in [-0.2, 0) is 9.84 Å². The van der Waals surface area contributed by atoms with E-state index in [2.05, 4.69) is 11.5 Å². The van der Waals surface area contributed by atoms with E-state index in [0.717, 1.165) is 26.1 Å². The number of sulfone groups is 1. The SMILES string of the molecule is C=CCN1C[C@@H]2CCS(=O)(=O)[C@@H]2C1. The van der Waals surface area contributed by atoms with Crippen molar-refractivity contribution in [2.45, 2.75) is 11.7 Å². The average Bonchev–Trinajstić information content (AvgIpc) is 2.55. The topological polar surface area (TPSA) is 37.4 Å². The fourth-order valence-electron chi connectivity index (χ4n) is 2.41. The van der Waals surface area contributed by atoms with Gasteiger partial charge in [-0.3, -0.25) is 4.90 Å². The van der Waals surface area contributed by atoms with E-state index in [1.165, 1.54) is 0 Å². The van der Waals surface area contributed by atoms with Gasteiger partial charge in [0.05, 0.1) is 11.0 Å². The van der Waals surface area contributed by atoms with E-state index in [0.29, 0.717) is 11.7 Å². The number of likely N-dealkylation sites (tertiary alicyclic amines) is 1. The van der Waals surface area contributed by atoms with Crippen LogP contribution in [0.5, 0.6) is 0 Å². The Kier molecular flexibility index (Phi) is 2.20. The maximum Gasteiger partial charge on any atom is 0.154 e. The van der Waals surface area contributed by atoms with Crippen molar-refractivity contribution in [3.8, 4) is 0 Å². The molecule has 2 heterocycles. The summed E-state index contributed by atoms with van der Waals surface area (Å²) in [4.78, 5) is 2.18. The second-order valence-corrected chi connectivity index (χ2v) is 6.30. The van der Waals surface area contributed by atoms with Gasteiger partial charge < -0.3 is 0 Å². The zero-order chi connectivity index (χ0) is 9.47. The lowest BCUT2D eigenvalue weighted by atomic mass is 10.1. The van der Waals surface area contributed by atoms with Gasteiger partial charge in [0, 0.05) is 19.6 Å². The minimum absolute atomic E-state index is 0.0764. The van der Waals surface area contributed by atoms with Crippen LogP contribution in [0.1, 0.15) is 6.42 Å². The molecule has 0 aromatic carbocycles. The van der Waals surface area contributed by atoms with Gasteiger partial charge in [-0.15, -0.1) is 6.58 Å². The van der Waals surface area contributed by atoms with Crippen molar-refractivity contribution in [3.05, 3.63) is 12.7 Å². The molecule has 0 bridgehead atoms. The molecule has 2 fully saturated rings. The Morgan fingerprint density at radius 2 is 2.23 bits per heavy atom. The average molecular weight is 201 g/mol. The van der Waals surface area contributed by atoms with Gasteiger partial charge in [-0.05, 0) is 12.3 Å². The maximum absolute atomic E-state index is 11.5. The number of fused-ring (bicyclic) bond motifs is 1. The van der Waals surface area contributed by atoms with Gasteiger partial charge >= 0.3 is 0 Å². The third kappa shape index (κ3) is 1.53. The molecule has 0 aromatic heterocycles. The van der Waals surface area contributed by atoms with Crippen molar-refractivity contribution in [2.75, 3.05) is 25.4 Å². The highest BCUT2D eigenvalue weighted by Crippen LogP contribution is 2.33. The molecule has 0 saturated carbocycles. The lowest BCUT2D eigenvalue weighted by molar-refractivity contribution is 0.356. The van der Waals surface area contributed by atoms with Crippen molar-refractivity contribution >= 4 is 9.84 Å². The van der Waals surface area contributed by atoms with E-state index in [4.69, 9.17) is 0 Å². The van der Waals surface area contributed by atoms with Crippen LogP contribution in [0.2, 0.25) is 0 Å². The molecule has 2 rings (SSSR count). The summed E-state index contributed by atoms with van der Waals surface area (Å²) in [5.74, 6) is 0.800. The second-order valence-electron chi connectivity index (χ2n) is 3.96. The first-order chi connectivity index (χ1) is 6.13. The van der Waals surface area contributed by atoms with Crippen molar-refractivity contribution in [3.63, 3.8) is 0 Å². The van der Waals surface area contributed by atoms with E-state index < -0.39 is 9.84 Å². The predicted molar refractivity (Wildman–Crippen MR) is 52.3 cm³/mol. The molecule has 0 aliphatic carbocycles. The van der Waals surface area contributed by atoms with Crippen molar-refractivity contribution < 1.29 is 8.42 Å². The normalized spacial score (nSPS) is 37.5. The molecule has 3 nitrogen and oxygen atoms in total. The van der Waals surface area contributed by atoms with Crippen molar-refractivity contribution in [1.82, 2.24) is 4.90 Å². The smallest absolute Gasteiger partial charge is 0.154 e. The van der Waals surface area contributed by atoms with Crippen LogP contribution in [0, 0.1) is 5.92 Å². The highest BCUT2D eigenvalue weighted by Gasteiger charge is 2.45. The molecular weight excluding hydrogens is 186 g/mol. The molecule has 13 heavy (non-hydrogen) atoms. The van der Waals surface area contributed by atoms with Gasteiger partial charge in [0.2, 0.25) is 0 Å². The first-order valence-electron chi connectivity index (χ1n) is 4.68. The highest BCUT2D eigenvalue weighted by atomic mass is 32.2. The van der Waals surface area contributed by atoms with Gasteiger partial charge in [-0.2, -0.15) is 0 Å². The van der Waals surface area contributed by atoms with Gasteiger partial charge in [-0.25, -0.2) is 8.42 Å². The summed E-state index contributed by atoms with van der Waals surface area (Å²) in [5, 5.41) is -0.0764. The molecule has 2 aliphatic rings. The van der Waals surface area contributed by atoms with Crippen LogP contribution in [0.15, 0.2) is 12.7 Å². The largest absolute Gasteiger partial charge is 0.298 e. The van der Waals surface area contributed by atoms with Crippen LogP contribution in [0.25, 0.3) is 0 Å². The Bertz CT molecular complexity index is 310. The van der Waals surface area contributed by atoms with Crippen LogP contribution >= 0.6 is 0 Å². The van der Waals surface area contributed by atoms with Crippen LogP contribution in [0.3, 0.4) is 0 Å². The molecule has 74 valence electrons. The summed E-state index contributed by atoms with van der Waals surface area (Å²) >= 11 is 0. The maximum atomic E-state index is 11.5. The number of nitrogens with zero attached hydrogens (tertiary/aromatic N) is 1. The summed E-state index contributed by atoms with van der Waals surface area (Å²) in [5.41, 5.74) is 0. The van der Waals surface area contributed by atoms with Crippen LogP contribution < -0.4 is 0 Å². The van der Waals surface area contributed by atoms with Crippen molar-refractivity contribution in [1.29, 1.82) is 0 Å². The molecule has 4 heteroatoms. The third-order valence-corrected chi connectivity index (χ3v) is 5.34. The minimum Gasteiger partial charge on any atom is -0.298 e. The Balaban J connectivity index is 2.10. The molecule has 0 unspecified atom stereocenters. The quantitative estimate of drug-likeness (QED) is 0.603. The first kappa shape index (κ1) is 9.21. The highest BCUT2D eigenvalue weighted by molar-refractivity contribution is 7.92. The molecule has 0 N–H and O–H groups in total. The standard InChI is InChI=1S/C9H15NO2S/c1-2-4-10-6-8-3-5-13(11,12)9(8)7-10/h2,8-9H,1,3-7H2/t8-,9+/m0/s1. The Labute approximate surface area is 79.3 Å². The summed E-state index contributed by atoms with van der Waals surface area (Å²) in [7, 11) is -2.75. The predicted octanol–water partition coefficient (Wildman–Crippen LogP) is 0.291. The van der Waals surface area contributed by atoms with Gasteiger partial charge in [0.25, 0.3) is 0 Å².